The highest BCUT2D eigenvalue weighted by Crippen LogP contribution is 2.33. The first kappa shape index (κ1) is 27.1. The summed E-state index contributed by atoms with van der Waals surface area (Å²) >= 11 is 0. The van der Waals surface area contributed by atoms with Crippen LogP contribution in [0.4, 0.5) is 20.8 Å². The minimum Gasteiger partial charge on any atom is -0.496 e. The number of hydrogen-bond donors (Lipinski definition) is 1. The molecule has 0 fully saturated rings. The van der Waals surface area contributed by atoms with Crippen molar-refractivity contribution < 1.29 is 32.9 Å². The molecule has 3 aromatic rings. The molecule has 2 aromatic heterocycles. The average molecular weight is 527 g/mol. The third-order valence-electron chi connectivity index (χ3n) is 6.34. The van der Waals surface area contributed by atoms with Crippen molar-refractivity contribution in [3.05, 3.63) is 64.7 Å². The van der Waals surface area contributed by atoms with E-state index in [2.05, 4.69) is 15.3 Å². The molecule has 3 heterocycles. The monoisotopic (exact) mass is 526 g/mol. The molecule has 0 unspecified atom stereocenters. The number of fused-ring (bicyclic) bond motifs is 1. The number of halogens is 1. The zero-order chi connectivity index (χ0) is 27.2. The SMILES string of the molecule is COc1cc(OC)c(F)c(COc2ccc(NC(=O)N3CCCc4ccc(C(OC)OC)nc43)nc2)c1C. The molecule has 38 heavy (non-hydrogen) atoms. The number of carbonyl (C=O) groups excluding carboxylic acids is 1. The molecule has 4 rings (SSSR count). The number of pyridine rings is 2. The van der Waals surface area contributed by atoms with Crippen molar-refractivity contribution >= 4 is 17.7 Å². The fraction of sp³-hybridized carbons (Fsp3) is 0.370. The second-order valence-corrected chi connectivity index (χ2v) is 8.57. The van der Waals surface area contributed by atoms with E-state index in [1.165, 1.54) is 40.7 Å². The Labute approximate surface area is 220 Å². The summed E-state index contributed by atoms with van der Waals surface area (Å²) in [6.07, 6.45) is 2.46. The van der Waals surface area contributed by atoms with Crippen LogP contribution in [0.2, 0.25) is 0 Å². The van der Waals surface area contributed by atoms with Gasteiger partial charge in [0.15, 0.2) is 11.6 Å². The number of hydrogen-bond acceptors (Lipinski definition) is 8. The third kappa shape index (κ3) is 5.63. The number of nitrogens with one attached hydrogen (secondary N) is 1. The number of carbonyl (C=O) groups is 1. The highest BCUT2D eigenvalue weighted by atomic mass is 19.1. The van der Waals surface area contributed by atoms with Crippen LogP contribution in [0.25, 0.3) is 0 Å². The van der Waals surface area contributed by atoms with Crippen molar-refractivity contribution in [2.75, 3.05) is 45.2 Å². The minimum atomic E-state index is -0.628. The van der Waals surface area contributed by atoms with Crippen molar-refractivity contribution in [3.8, 4) is 17.2 Å². The summed E-state index contributed by atoms with van der Waals surface area (Å²) < 4.78 is 41.6. The Hall–Kier alpha value is -3.96. The zero-order valence-corrected chi connectivity index (χ0v) is 22.0. The van der Waals surface area contributed by atoms with Crippen LogP contribution < -0.4 is 24.4 Å². The zero-order valence-electron chi connectivity index (χ0n) is 22.0. The molecule has 0 saturated carbocycles. The van der Waals surface area contributed by atoms with Gasteiger partial charge in [0.05, 0.1) is 26.1 Å². The van der Waals surface area contributed by atoms with Gasteiger partial charge in [0, 0.05) is 38.0 Å². The van der Waals surface area contributed by atoms with Crippen LogP contribution in [0.5, 0.6) is 17.2 Å². The molecule has 0 radical (unpaired) electrons. The summed E-state index contributed by atoms with van der Waals surface area (Å²) in [4.78, 5) is 23.6. The largest absolute Gasteiger partial charge is 0.496 e. The van der Waals surface area contributed by atoms with E-state index in [-0.39, 0.29) is 18.4 Å². The first-order valence-electron chi connectivity index (χ1n) is 12.0. The van der Waals surface area contributed by atoms with Crippen molar-refractivity contribution in [3.63, 3.8) is 0 Å². The molecule has 10 nitrogen and oxygen atoms in total. The molecular formula is C27H31FN4O6. The van der Waals surface area contributed by atoms with Gasteiger partial charge < -0.3 is 23.7 Å². The van der Waals surface area contributed by atoms with E-state index in [1.807, 2.05) is 12.1 Å². The summed E-state index contributed by atoms with van der Waals surface area (Å²) in [5, 5.41) is 2.80. The van der Waals surface area contributed by atoms with Gasteiger partial charge in [-0.25, -0.2) is 19.2 Å². The molecule has 1 aliphatic heterocycles. The topological polar surface area (TPSA) is 104 Å². The number of methoxy groups -OCH3 is 4. The molecule has 0 saturated heterocycles. The second-order valence-electron chi connectivity index (χ2n) is 8.57. The van der Waals surface area contributed by atoms with E-state index in [0.29, 0.717) is 46.5 Å². The van der Waals surface area contributed by atoms with Crippen LogP contribution in [0, 0.1) is 12.7 Å². The van der Waals surface area contributed by atoms with Crippen molar-refractivity contribution in [2.45, 2.75) is 32.7 Å². The first-order chi connectivity index (χ1) is 18.4. The maximum Gasteiger partial charge on any atom is 0.328 e. The summed E-state index contributed by atoms with van der Waals surface area (Å²) in [5.74, 6) is 1.37. The molecule has 0 aliphatic carbocycles. The van der Waals surface area contributed by atoms with Gasteiger partial charge in [-0.05, 0) is 43.5 Å². The Bertz CT molecular complexity index is 1260. The Morgan fingerprint density at radius 2 is 1.87 bits per heavy atom. The van der Waals surface area contributed by atoms with Gasteiger partial charge in [-0.2, -0.15) is 0 Å². The molecular weight excluding hydrogens is 495 g/mol. The Morgan fingerprint density at radius 3 is 2.53 bits per heavy atom. The van der Waals surface area contributed by atoms with Crippen molar-refractivity contribution in [1.82, 2.24) is 9.97 Å². The van der Waals surface area contributed by atoms with Crippen LogP contribution in [0.3, 0.4) is 0 Å². The van der Waals surface area contributed by atoms with Gasteiger partial charge in [0.2, 0.25) is 6.29 Å². The normalized spacial score (nSPS) is 12.8. The van der Waals surface area contributed by atoms with Crippen LogP contribution in [-0.4, -0.2) is 51.0 Å². The van der Waals surface area contributed by atoms with Crippen LogP contribution in [-0.2, 0) is 22.5 Å². The lowest BCUT2D eigenvalue weighted by molar-refractivity contribution is -0.108. The smallest absolute Gasteiger partial charge is 0.328 e. The molecule has 1 N–H and O–H groups in total. The standard InChI is InChI=1S/C27H31FN4O6/c1-16-19(24(28)22(35-3)13-21(16)34-2)15-38-18-9-11-23(29-14-18)31-27(33)32-12-6-7-17-8-10-20(30-25(17)32)26(36-4)37-5/h8-11,13-14,26H,6-7,12,15H2,1-5H3,(H,29,31,33). The fourth-order valence-electron chi connectivity index (χ4n) is 4.28. The van der Waals surface area contributed by atoms with Crippen LogP contribution in [0.1, 0.15) is 35.1 Å². The lowest BCUT2D eigenvalue weighted by Crippen LogP contribution is -2.39. The first-order valence-corrected chi connectivity index (χ1v) is 12.0. The molecule has 1 aliphatic rings. The molecule has 1 aromatic carbocycles. The van der Waals surface area contributed by atoms with Crippen LogP contribution in [0.15, 0.2) is 36.5 Å². The van der Waals surface area contributed by atoms with E-state index in [1.54, 1.807) is 24.0 Å². The highest BCUT2D eigenvalue weighted by molar-refractivity contribution is 6.01. The van der Waals surface area contributed by atoms with E-state index < -0.39 is 12.1 Å². The summed E-state index contributed by atoms with van der Waals surface area (Å²) in [6.45, 7) is 2.20. The van der Waals surface area contributed by atoms with Crippen LogP contribution >= 0.6 is 0 Å². The predicted molar refractivity (Wildman–Crippen MR) is 138 cm³/mol. The number of amides is 2. The maximum absolute atomic E-state index is 14.8. The molecule has 0 spiro atoms. The third-order valence-corrected chi connectivity index (χ3v) is 6.34. The van der Waals surface area contributed by atoms with E-state index in [0.717, 1.165) is 18.4 Å². The highest BCUT2D eigenvalue weighted by Gasteiger charge is 2.26. The van der Waals surface area contributed by atoms with Gasteiger partial charge in [0.1, 0.15) is 29.7 Å². The Kier molecular flexibility index (Phi) is 8.59. The Morgan fingerprint density at radius 1 is 1.11 bits per heavy atom. The number of anilines is 2. The van der Waals surface area contributed by atoms with E-state index in [4.69, 9.17) is 23.7 Å². The number of aryl methyl sites for hydroxylation is 1. The second kappa shape index (κ2) is 12.1. The molecule has 0 bridgehead atoms. The number of ether oxygens (including phenoxy) is 5. The van der Waals surface area contributed by atoms with Gasteiger partial charge in [-0.15, -0.1) is 0 Å². The van der Waals surface area contributed by atoms with Gasteiger partial charge in [0.25, 0.3) is 0 Å². The lowest BCUT2D eigenvalue weighted by atomic mass is 10.1. The summed E-state index contributed by atoms with van der Waals surface area (Å²) in [5.41, 5.74) is 2.48. The molecule has 2 amide bonds. The number of urea groups is 1. The van der Waals surface area contributed by atoms with Gasteiger partial charge in [-0.1, -0.05) is 6.07 Å². The Balaban J connectivity index is 1.44. The average Bonchev–Trinajstić information content (AvgIpc) is 2.94. The van der Waals surface area contributed by atoms with Crippen molar-refractivity contribution in [2.24, 2.45) is 0 Å². The quantitative estimate of drug-likeness (QED) is 0.397. The number of aromatic nitrogens is 2. The minimum absolute atomic E-state index is 0.0544. The van der Waals surface area contributed by atoms with Crippen molar-refractivity contribution in [1.29, 1.82) is 0 Å². The van der Waals surface area contributed by atoms with E-state index in [9.17, 15) is 9.18 Å². The predicted octanol–water partition coefficient (Wildman–Crippen LogP) is 4.80. The fourth-order valence-corrected chi connectivity index (χ4v) is 4.28. The number of nitrogens with zero attached hydrogens (tertiary/aromatic N) is 3. The summed E-state index contributed by atoms with van der Waals surface area (Å²) in [6, 6.07) is 8.18. The summed E-state index contributed by atoms with van der Waals surface area (Å²) in [7, 11) is 5.96. The van der Waals surface area contributed by atoms with Gasteiger partial charge in [-0.3, -0.25) is 10.2 Å². The van der Waals surface area contributed by atoms with E-state index >= 15 is 0 Å². The number of benzene rings is 1. The van der Waals surface area contributed by atoms with Gasteiger partial charge >= 0.3 is 6.03 Å². The molecule has 0 atom stereocenters. The molecule has 11 heteroatoms. The number of rotatable bonds is 9. The lowest BCUT2D eigenvalue weighted by Gasteiger charge is -2.29. The maximum atomic E-state index is 14.8. The molecule has 202 valence electrons.